The van der Waals surface area contributed by atoms with Crippen molar-refractivity contribution >= 4 is 17.3 Å². The molecule has 0 bridgehead atoms. The van der Waals surface area contributed by atoms with E-state index in [9.17, 15) is 38.2 Å². The van der Waals surface area contributed by atoms with Gasteiger partial charge >= 0.3 is 6.18 Å². The van der Waals surface area contributed by atoms with E-state index in [1.165, 1.54) is 12.1 Å². The van der Waals surface area contributed by atoms with Crippen molar-refractivity contribution in [2.24, 2.45) is 0 Å². The zero-order valence-electron chi connectivity index (χ0n) is 14.6. The van der Waals surface area contributed by atoms with Crippen molar-refractivity contribution in [1.29, 1.82) is 0 Å². The Bertz CT molecular complexity index is 901. The number of rotatable bonds is 8. The van der Waals surface area contributed by atoms with Gasteiger partial charge in [0.1, 0.15) is 0 Å². The number of halogens is 3. The molecule has 2 aromatic carbocycles. The molecule has 0 spiro atoms. The normalized spacial score (nSPS) is 10.8. The van der Waals surface area contributed by atoms with E-state index < -0.39 is 38.9 Å². The number of benzene rings is 2. The number of hydrogen-bond donors (Lipinski definition) is 1. The van der Waals surface area contributed by atoms with Crippen LogP contribution in [0.1, 0.15) is 28.9 Å². The summed E-state index contributed by atoms with van der Waals surface area (Å²) in [4.78, 5) is 32.0. The molecule has 0 aromatic heterocycles. The van der Waals surface area contributed by atoms with Gasteiger partial charge in [0.15, 0.2) is 0 Å². The maximum atomic E-state index is 12.6. The fourth-order valence-electron chi connectivity index (χ4n) is 2.30. The Hall–Kier alpha value is -3.54. The molecule has 1 N–H and O–H groups in total. The van der Waals surface area contributed by atoms with Crippen LogP contribution >= 0.6 is 0 Å². The molecular weight excluding hydrogens is 411 g/mol. The number of carbonyl (C=O) groups excluding carboxylic acids is 1. The summed E-state index contributed by atoms with van der Waals surface area (Å²) in [7, 11) is 0. The van der Waals surface area contributed by atoms with Crippen molar-refractivity contribution in [3.05, 3.63) is 79.4 Å². The third-order valence-corrected chi connectivity index (χ3v) is 3.64. The van der Waals surface area contributed by atoms with Crippen LogP contribution in [0.25, 0.3) is 0 Å². The fraction of sp³-hybridized carbons (Fsp3) is 0.278. The minimum absolute atomic E-state index is 0. The lowest BCUT2D eigenvalue weighted by atomic mass is 10.1. The summed E-state index contributed by atoms with van der Waals surface area (Å²) in [6.45, 7) is -0.241. The highest BCUT2D eigenvalue weighted by Gasteiger charge is 2.30. The molecule has 0 heterocycles. The maximum absolute atomic E-state index is 12.6. The SMILES string of the molecule is C.O=C(NCCOCc1cccc(C(F)(F)F)c1)c1cc([N+](=O)[O-])cc([N+](=O)[O-])c1. The molecule has 0 radical (unpaired) electrons. The lowest BCUT2D eigenvalue weighted by Crippen LogP contribution is -2.27. The molecule has 0 fully saturated rings. The van der Waals surface area contributed by atoms with Crippen LogP contribution in [0, 0.1) is 20.2 Å². The Balaban J connectivity index is 0.00000450. The van der Waals surface area contributed by atoms with Gasteiger partial charge in [0.25, 0.3) is 17.3 Å². The first kappa shape index (κ1) is 24.5. The quantitative estimate of drug-likeness (QED) is 0.383. The maximum Gasteiger partial charge on any atom is 0.416 e. The van der Waals surface area contributed by atoms with E-state index >= 15 is 0 Å². The van der Waals surface area contributed by atoms with Gasteiger partial charge in [0.2, 0.25) is 0 Å². The van der Waals surface area contributed by atoms with E-state index in [2.05, 4.69) is 5.32 Å². The minimum Gasteiger partial charge on any atom is -0.375 e. The van der Waals surface area contributed by atoms with Crippen molar-refractivity contribution in [2.45, 2.75) is 20.2 Å². The van der Waals surface area contributed by atoms with E-state index in [0.29, 0.717) is 5.56 Å². The second-order valence-corrected chi connectivity index (χ2v) is 5.76. The van der Waals surface area contributed by atoms with E-state index in [4.69, 9.17) is 4.74 Å². The monoisotopic (exact) mass is 429 g/mol. The molecule has 0 aliphatic rings. The molecule has 0 unspecified atom stereocenters. The summed E-state index contributed by atoms with van der Waals surface area (Å²) in [5.74, 6) is -0.792. The number of ether oxygens (including phenoxy) is 1. The van der Waals surface area contributed by atoms with Crippen LogP contribution in [-0.2, 0) is 17.5 Å². The lowest BCUT2D eigenvalue weighted by molar-refractivity contribution is -0.394. The van der Waals surface area contributed by atoms with Crippen LogP contribution in [0.2, 0.25) is 0 Å². The predicted molar refractivity (Wildman–Crippen MR) is 99.9 cm³/mol. The van der Waals surface area contributed by atoms with Crippen molar-refractivity contribution < 1.29 is 32.5 Å². The smallest absolute Gasteiger partial charge is 0.375 e. The first-order chi connectivity index (χ1) is 13.6. The average molecular weight is 429 g/mol. The highest BCUT2D eigenvalue weighted by Crippen LogP contribution is 2.29. The van der Waals surface area contributed by atoms with Crippen LogP contribution in [0.5, 0.6) is 0 Å². The average Bonchev–Trinajstić information content (AvgIpc) is 2.66. The van der Waals surface area contributed by atoms with Gasteiger partial charge in [-0.3, -0.25) is 25.0 Å². The van der Waals surface area contributed by atoms with Crippen LogP contribution in [0.3, 0.4) is 0 Å². The van der Waals surface area contributed by atoms with Crippen LogP contribution < -0.4 is 5.32 Å². The molecule has 1 amide bonds. The summed E-state index contributed by atoms with van der Waals surface area (Å²) < 4.78 is 43.1. The van der Waals surface area contributed by atoms with Crippen molar-refractivity contribution in [1.82, 2.24) is 5.32 Å². The number of nitro benzene ring substituents is 2. The molecule has 9 nitrogen and oxygen atoms in total. The van der Waals surface area contributed by atoms with Gasteiger partial charge in [-0.1, -0.05) is 19.6 Å². The fourth-order valence-corrected chi connectivity index (χ4v) is 2.30. The molecule has 0 aliphatic carbocycles. The highest BCUT2D eigenvalue weighted by atomic mass is 19.4. The number of amides is 1. The summed E-state index contributed by atoms with van der Waals surface area (Å²) >= 11 is 0. The topological polar surface area (TPSA) is 125 Å². The zero-order chi connectivity index (χ0) is 21.6. The standard InChI is InChI=1S/C17H14F3N3O6.CH4/c18-17(19,20)13-3-1-2-11(6-13)10-29-5-4-21-16(24)12-7-14(22(25)26)9-15(8-12)23(27)28;/h1-3,6-9H,4-5,10H2,(H,21,24);1H4. The number of carbonyl (C=O) groups is 1. The summed E-state index contributed by atoms with van der Waals surface area (Å²) in [5.41, 5.74) is -2.00. The van der Waals surface area contributed by atoms with Gasteiger partial charge in [-0.25, -0.2) is 0 Å². The van der Waals surface area contributed by atoms with Crippen LogP contribution in [0.15, 0.2) is 42.5 Å². The third-order valence-electron chi connectivity index (χ3n) is 3.64. The number of non-ortho nitro benzene ring substituents is 2. The number of nitrogens with zero attached hydrogens (tertiary/aromatic N) is 2. The number of hydrogen-bond acceptors (Lipinski definition) is 6. The van der Waals surface area contributed by atoms with Gasteiger partial charge < -0.3 is 10.1 Å². The highest BCUT2D eigenvalue weighted by molar-refractivity contribution is 5.95. The second kappa shape index (κ2) is 10.3. The van der Waals surface area contributed by atoms with E-state index in [1.807, 2.05) is 0 Å². The lowest BCUT2D eigenvalue weighted by Gasteiger charge is -2.10. The Labute approximate surface area is 168 Å². The second-order valence-electron chi connectivity index (χ2n) is 5.76. The first-order valence-corrected chi connectivity index (χ1v) is 8.04. The molecule has 0 saturated carbocycles. The minimum atomic E-state index is -4.47. The first-order valence-electron chi connectivity index (χ1n) is 8.04. The van der Waals surface area contributed by atoms with Crippen LogP contribution in [0.4, 0.5) is 24.5 Å². The number of nitrogens with one attached hydrogen (secondary N) is 1. The molecule has 0 atom stereocenters. The van der Waals surface area contributed by atoms with Gasteiger partial charge in [-0.05, 0) is 17.7 Å². The third kappa shape index (κ3) is 6.81. The molecule has 12 heteroatoms. The molecule has 2 aromatic rings. The van der Waals surface area contributed by atoms with Crippen molar-refractivity contribution in [3.8, 4) is 0 Å². The van der Waals surface area contributed by atoms with Gasteiger partial charge in [-0.15, -0.1) is 0 Å². The molecule has 162 valence electrons. The molecule has 0 saturated heterocycles. The van der Waals surface area contributed by atoms with E-state index in [-0.39, 0.29) is 32.7 Å². The van der Waals surface area contributed by atoms with E-state index in [0.717, 1.165) is 30.3 Å². The Kier molecular flexibility index (Phi) is 8.41. The number of alkyl halides is 3. The summed E-state index contributed by atoms with van der Waals surface area (Å²) in [6, 6.07) is 7.10. The molecule has 0 aliphatic heterocycles. The zero-order valence-corrected chi connectivity index (χ0v) is 14.6. The van der Waals surface area contributed by atoms with Gasteiger partial charge in [0.05, 0.1) is 40.3 Å². The van der Waals surface area contributed by atoms with Crippen molar-refractivity contribution in [3.63, 3.8) is 0 Å². The predicted octanol–water partition coefficient (Wildman–Crippen LogP) is 4.10. The van der Waals surface area contributed by atoms with Gasteiger partial charge in [-0.2, -0.15) is 13.2 Å². The summed E-state index contributed by atoms with van der Waals surface area (Å²) in [6.07, 6.45) is -4.47. The number of nitro groups is 2. The Morgan fingerprint density at radius 3 is 2.17 bits per heavy atom. The van der Waals surface area contributed by atoms with Crippen molar-refractivity contribution in [2.75, 3.05) is 13.2 Å². The largest absolute Gasteiger partial charge is 0.416 e. The molecular formula is C18H18F3N3O6. The molecule has 2 rings (SSSR count). The molecule has 30 heavy (non-hydrogen) atoms. The van der Waals surface area contributed by atoms with Gasteiger partial charge in [0, 0.05) is 18.7 Å². The Morgan fingerprint density at radius 2 is 1.63 bits per heavy atom. The Morgan fingerprint density at radius 1 is 1.03 bits per heavy atom. The van der Waals surface area contributed by atoms with E-state index in [1.54, 1.807) is 0 Å². The summed E-state index contributed by atoms with van der Waals surface area (Å²) in [5, 5.41) is 24.0. The van der Waals surface area contributed by atoms with Crippen LogP contribution in [-0.4, -0.2) is 28.9 Å².